The molecule has 0 aliphatic carbocycles. The zero-order valence-electron chi connectivity index (χ0n) is 20.3. The molecular weight excluding hydrogens is 513 g/mol. The van der Waals surface area contributed by atoms with Crippen LogP contribution < -0.4 is 9.47 Å². The summed E-state index contributed by atoms with van der Waals surface area (Å²) >= 11 is 0. The van der Waals surface area contributed by atoms with Crippen LogP contribution in [0.5, 0.6) is 11.5 Å². The molecule has 0 atom stereocenters. The summed E-state index contributed by atoms with van der Waals surface area (Å²) < 4.78 is 105. The second kappa shape index (κ2) is 11.3. The van der Waals surface area contributed by atoms with Gasteiger partial charge in [0.15, 0.2) is 11.6 Å². The van der Waals surface area contributed by atoms with Gasteiger partial charge in [-0.15, -0.1) is 13.2 Å². The predicted molar refractivity (Wildman–Crippen MR) is 130 cm³/mol. The highest BCUT2D eigenvalue weighted by molar-refractivity contribution is 5.88. The van der Waals surface area contributed by atoms with E-state index in [4.69, 9.17) is 4.74 Å². The molecule has 0 heterocycles. The van der Waals surface area contributed by atoms with Gasteiger partial charge < -0.3 is 9.47 Å². The Hall–Kier alpha value is -3.75. The second-order valence-electron chi connectivity index (χ2n) is 8.75. The lowest BCUT2D eigenvalue weighted by Gasteiger charge is -2.12. The molecule has 0 spiro atoms. The summed E-state index contributed by atoms with van der Waals surface area (Å²) in [5.41, 5.74) is 0.641. The summed E-state index contributed by atoms with van der Waals surface area (Å²) in [7, 11) is 0. The molecule has 0 saturated carbocycles. The fourth-order valence-corrected chi connectivity index (χ4v) is 4.12. The largest absolute Gasteiger partial charge is 0.573 e. The summed E-state index contributed by atoms with van der Waals surface area (Å²) in [4.78, 5) is 0. The molecule has 200 valence electrons. The maximum atomic E-state index is 15.2. The first-order chi connectivity index (χ1) is 18.1. The minimum atomic E-state index is -5.01. The van der Waals surface area contributed by atoms with Gasteiger partial charge in [-0.1, -0.05) is 43.7 Å². The molecule has 38 heavy (non-hydrogen) atoms. The van der Waals surface area contributed by atoms with Gasteiger partial charge in [0.2, 0.25) is 0 Å². The number of alkyl halides is 3. The van der Waals surface area contributed by atoms with Crippen molar-refractivity contribution in [2.24, 2.45) is 0 Å². The summed E-state index contributed by atoms with van der Waals surface area (Å²) in [5.74, 6) is -4.17. The van der Waals surface area contributed by atoms with Crippen LogP contribution in [-0.4, -0.2) is 13.0 Å². The van der Waals surface area contributed by atoms with Crippen LogP contribution in [0.4, 0.5) is 30.7 Å². The van der Waals surface area contributed by atoms with Gasteiger partial charge in [0, 0.05) is 17.5 Å². The van der Waals surface area contributed by atoms with Crippen molar-refractivity contribution in [3.8, 4) is 22.6 Å². The van der Waals surface area contributed by atoms with Crippen molar-refractivity contribution in [2.75, 3.05) is 6.61 Å². The molecule has 2 nitrogen and oxygen atoms in total. The Bertz CT molecular complexity index is 1420. The third-order valence-electron chi connectivity index (χ3n) is 6.01. The SMILES string of the molecule is CCCCOc1cc(F)c(-c2ccc3c(F)c(CCc4ccc(OC(F)(F)F)c(F)c4)ccc3c2)c(F)c1. The van der Waals surface area contributed by atoms with Gasteiger partial charge in [-0.2, -0.15) is 0 Å². The van der Waals surface area contributed by atoms with Crippen LogP contribution in [0.3, 0.4) is 0 Å². The lowest BCUT2D eigenvalue weighted by Crippen LogP contribution is -2.18. The first kappa shape index (κ1) is 27.3. The van der Waals surface area contributed by atoms with Crippen LogP contribution in [0.15, 0.2) is 60.7 Å². The van der Waals surface area contributed by atoms with Crippen LogP contribution in [0.1, 0.15) is 30.9 Å². The number of rotatable bonds is 9. The van der Waals surface area contributed by atoms with Crippen molar-refractivity contribution < 1.29 is 40.2 Å². The van der Waals surface area contributed by atoms with Gasteiger partial charge >= 0.3 is 6.36 Å². The maximum absolute atomic E-state index is 15.2. The minimum absolute atomic E-state index is 0.0936. The molecule has 0 aromatic heterocycles. The van der Waals surface area contributed by atoms with Crippen LogP contribution in [0.25, 0.3) is 21.9 Å². The molecule has 0 radical (unpaired) electrons. The number of unbranched alkanes of at least 4 members (excludes halogenated alkanes) is 1. The average molecular weight is 536 g/mol. The van der Waals surface area contributed by atoms with E-state index in [0.29, 0.717) is 23.1 Å². The van der Waals surface area contributed by atoms with Gasteiger partial charge in [-0.25, -0.2) is 17.6 Å². The van der Waals surface area contributed by atoms with Crippen molar-refractivity contribution >= 4 is 10.8 Å². The molecule has 0 N–H and O–H groups in total. The Morgan fingerprint density at radius 2 is 1.50 bits per heavy atom. The second-order valence-corrected chi connectivity index (χ2v) is 8.75. The van der Waals surface area contributed by atoms with Gasteiger partial charge in [0.25, 0.3) is 0 Å². The predicted octanol–water partition coefficient (Wildman–Crippen LogP) is 8.93. The van der Waals surface area contributed by atoms with Crippen molar-refractivity contribution in [1.29, 1.82) is 0 Å². The number of hydrogen-bond acceptors (Lipinski definition) is 2. The summed E-state index contributed by atoms with van der Waals surface area (Å²) in [5, 5.41) is 0.650. The zero-order valence-corrected chi connectivity index (χ0v) is 20.3. The molecule has 0 amide bonds. The third kappa shape index (κ3) is 6.38. The zero-order chi connectivity index (χ0) is 27.4. The van der Waals surface area contributed by atoms with Crippen molar-refractivity contribution in [3.05, 3.63) is 95.1 Å². The van der Waals surface area contributed by atoms with Crippen LogP contribution in [0, 0.1) is 23.3 Å². The minimum Gasteiger partial charge on any atom is -0.493 e. The van der Waals surface area contributed by atoms with E-state index in [1.807, 2.05) is 6.92 Å². The molecule has 0 fully saturated rings. The molecule has 4 aromatic rings. The smallest absolute Gasteiger partial charge is 0.493 e. The number of ether oxygens (including phenoxy) is 2. The Kier molecular flexibility index (Phi) is 8.14. The molecule has 0 bridgehead atoms. The fourth-order valence-electron chi connectivity index (χ4n) is 4.12. The molecular formula is C29H23F7O2. The van der Waals surface area contributed by atoms with Crippen molar-refractivity contribution in [3.63, 3.8) is 0 Å². The molecule has 9 heteroatoms. The lowest BCUT2D eigenvalue weighted by atomic mass is 9.96. The van der Waals surface area contributed by atoms with E-state index in [1.165, 1.54) is 30.3 Å². The highest BCUT2D eigenvalue weighted by Crippen LogP contribution is 2.33. The number of fused-ring (bicyclic) bond motifs is 1. The average Bonchev–Trinajstić information content (AvgIpc) is 2.84. The van der Waals surface area contributed by atoms with Gasteiger partial charge in [-0.05, 0) is 59.5 Å². The molecule has 4 aromatic carbocycles. The third-order valence-corrected chi connectivity index (χ3v) is 6.01. The van der Waals surface area contributed by atoms with E-state index in [0.717, 1.165) is 37.1 Å². The van der Waals surface area contributed by atoms with Crippen LogP contribution in [0.2, 0.25) is 0 Å². The summed E-state index contributed by atoms with van der Waals surface area (Å²) in [6.07, 6.45) is -3.08. The topological polar surface area (TPSA) is 18.5 Å². The van der Waals surface area contributed by atoms with E-state index in [2.05, 4.69) is 4.74 Å². The number of halogens is 7. The van der Waals surface area contributed by atoms with E-state index < -0.39 is 35.4 Å². The highest BCUT2D eigenvalue weighted by atomic mass is 19.4. The normalized spacial score (nSPS) is 11.7. The van der Waals surface area contributed by atoms with E-state index in [1.54, 1.807) is 6.07 Å². The Morgan fingerprint density at radius 3 is 2.16 bits per heavy atom. The Balaban J connectivity index is 1.53. The number of benzene rings is 4. The first-order valence-electron chi connectivity index (χ1n) is 11.9. The van der Waals surface area contributed by atoms with E-state index in [-0.39, 0.29) is 35.1 Å². The van der Waals surface area contributed by atoms with Gasteiger partial charge in [0.1, 0.15) is 23.2 Å². The molecule has 0 aliphatic rings. The number of hydrogen-bond donors (Lipinski definition) is 0. The van der Waals surface area contributed by atoms with Crippen LogP contribution in [-0.2, 0) is 12.8 Å². The first-order valence-corrected chi connectivity index (χ1v) is 11.9. The quantitative estimate of drug-likeness (QED) is 0.157. The molecule has 4 rings (SSSR count). The monoisotopic (exact) mass is 536 g/mol. The van der Waals surface area contributed by atoms with E-state index in [9.17, 15) is 26.3 Å². The van der Waals surface area contributed by atoms with E-state index >= 15 is 4.39 Å². The lowest BCUT2D eigenvalue weighted by molar-refractivity contribution is -0.275. The van der Waals surface area contributed by atoms with Crippen molar-refractivity contribution in [2.45, 2.75) is 39.0 Å². The molecule has 0 saturated heterocycles. The Morgan fingerprint density at radius 1 is 0.763 bits per heavy atom. The maximum Gasteiger partial charge on any atom is 0.573 e. The standard InChI is InChI=1S/C29H23F7O2/c1-2-3-12-37-21-15-24(31)27(25(32)16-21)20-9-10-22-19(14-20)8-7-18(28(22)33)6-4-17-5-11-26(23(30)13-17)38-29(34,35)36/h5,7-11,13-16H,2-4,6,12H2,1H3. The van der Waals surface area contributed by atoms with Crippen molar-refractivity contribution in [1.82, 2.24) is 0 Å². The highest BCUT2D eigenvalue weighted by Gasteiger charge is 2.32. The van der Waals surface area contributed by atoms with Gasteiger partial charge in [-0.3, -0.25) is 0 Å². The molecule has 0 aliphatic heterocycles. The Labute approximate surface area is 214 Å². The summed E-state index contributed by atoms with van der Waals surface area (Å²) in [6.45, 7) is 2.32. The number of aryl methyl sites for hydroxylation is 2. The van der Waals surface area contributed by atoms with Crippen LogP contribution >= 0.6 is 0 Å². The summed E-state index contributed by atoms with van der Waals surface area (Å²) in [6, 6.07) is 12.7. The fraction of sp³-hybridized carbons (Fsp3) is 0.241. The molecule has 0 unspecified atom stereocenters. The van der Waals surface area contributed by atoms with Gasteiger partial charge in [0.05, 0.1) is 12.2 Å².